The van der Waals surface area contributed by atoms with Crippen molar-refractivity contribution in [2.24, 2.45) is 0 Å². The number of aromatic nitrogens is 2. The molecule has 0 bridgehead atoms. The van der Waals surface area contributed by atoms with E-state index in [-0.39, 0.29) is 16.8 Å². The van der Waals surface area contributed by atoms with Gasteiger partial charge in [-0.05, 0) is 48.6 Å². The molecule has 3 heterocycles. The number of anilines is 1. The van der Waals surface area contributed by atoms with Gasteiger partial charge in [-0.3, -0.25) is 4.79 Å². The predicted octanol–water partition coefficient (Wildman–Crippen LogP) is 4.07. The van der Waals surface area contributed by atoms with Crippen molar-refractivity contribution < 1.29 is 13.2 Å². The van der Waals surface area contributed by atoms with Gasteiger partial charge in [0.2, 0.25) is 5.01 Å². The molecule has 0 radical (unpaired) electrons. The highest BCUT2D eigenvalue weighted by molar-refractivity contribution is 7.91. The van der Waals surface area contributed by atoms with E-state index < -0.39 is 10.0 Å². The van der Waals surface area contributed by atoms with Gasteiger partial charge < -0.3 is 5.32 Å². The van der Waals surface area contributed by atoms with Gasteiger partial charge in [0.05, 0.1) is 0 Å². The summed E-state index contributed by atoms with van der Waals surface area (Å²) in [5, 5.41) is 14.2. The Bertz CT molecular complexity index is 1100. The number of benzene rings is 1. The topological polar surface area (TPSA) is 92.3 Å². The Kier molecular flexibility index (Phi) is 5.98. The van der Waals surface area contributed by atoms with Crippen molar-refractivity contribution in [1.29, 1.82) is 0 Å². The molecule has 1 amide bonds. The second-order valence-corrected chi connectivity index (χ2v) is 11.1. The molecule has 7 nitrogen and oxygen atoms in total. The SMILES string of the molecule is O=C(Nc1ccc(Cl)cc1)c1nnc(C2CCCN(S(=O)(=O)c3cccs3)C2)s1. The van der Waals surface area contributed by atoms with Crippen LogP contribution in [0.5, 0.6) is 0 Å². The first kappa shape index (κ1) is 20.4. The van der Waals surface area contributed by atoms with Gasteiger partial charge in [-0.1, -0.05) is 29.0 Å². The Labute approximate surface area is 181 Å². The summed E-state index contributed by atoms with van der Waals surface area (Å²) in [4.78, 5) is 12.4. The Hall–Kier alpha value is -1.85. The molecular weight excluding hydrogens is 452 g/mol. The number of thiophene rings is 1. The molecule has 1 aromatic carbocycles. The molecule has 1 fully saturated rings. The summed E-state index contributed by atoms with van der Waals surface area (Å²) in [6, 6.07) is 10.1. The lowest BCUT2D eigenvalue weighted by Gasteiger charge is -2.30. The van der Waals surface area contributed by atoms with Gasteiger partial charge in [-0.15, -0.1) is 21.5 Å². The zero-order chi connectivity index (χ0) is 20.4. The van der Waals surface area contributed by atoms with Gasteiger partial charge in [0, 0.05) is 29.7 Å². The summed E-state index contributed by atoms with van der Waals surface area (Å²) >= 11 is 8.27. The fourth-order valence-electron chi connectivity index (χ4n) is 3.11. The van der Waals surface area contributed by atoms with Crippen LogP contribution in [0.15, 0.2) is 46.0 Å². The lowest BCUT2D eigenvalue weighted by molar-refractivity contribution is 0.102. The van der Waals surface area contributed by atoms with Gasteiger partial charge in [-0.25, -0.2) is 8.42 Å². The van der Waals surface area contributed by atoms with E-state index in [1.165, 1.54) is 27.0 Å². The van der Waals surface area contributed by atoms with Crippen LogP contribution in [0, 0.1) is 0 Å². The fourth-order valence-corrected chi connectivity index (χ4v) is 6.77. The van der Waals surface area contributed by atoms with Crippen molar-refractivity contribution in [3.63, 3.8) is 0 Å². The molecule has 1 aliphatic heterocycles. The highest BCUT2D eigenvalue weighted by atomic mass is 35.5. The smallest absolute Gasteiger partial charge is 0.286 e. The van der Waals surface area contributed by atoms with Crippen LogP contribution in [0.3, 0.4) is 0 Å². The first-order valence-electron chi connectivity index (χ1n) is 8.87. The predicted molar refractivity (Wildman–Crippen MR) is 114 cm³/mol. The highest BCUT2D eigenvalue weighted by Gasteiger charge is 2.33. The number of sulfonamides is 1. The number of nitrogens with zero attached hydrogens (tertiary/aromatic N) is 3. The van der Waals surface area contributed by atoms with Crippen molar-refractivity contribution in [3.8, 4) is 0 Å². The average molecular weight is 469 g/mol. The molecule has 1 atom stereocenters. The molecule has 1 aliphatic rings. The van der Waals surface area contributed by atoms with Crippen molar-refractivity contribution in [2.75, 3.05) is 18.4 Å². The van der Waals surface area contributed by atoms with Crippen LogP contribution in [-0.2, 0) is 10.0 Å². The molecular formula is C18H17ClN4O3S3. The fraction of sp³-hybridized carbons (Fsp3) is 0.278. The minimum Gasteiger partial charge on any atom is -0.320 e. The molecule has 1 unspecified atom stereocenters. The molecule has 1 N–H and O–H groups in total. The third-order valence-electron chi connectivity index (χ3n) is 4.56. The Morgan fingerprint density at radius 3 is 2.72 bits per heavy atom. The standard InChI is InChI=1S/C18H17ClN4O3S3/c19-13-5-7-14(8-6-13)20-16(24)18-22-21-17(28-18)12-3-1-9-23(11-12)29(25,26)15-4-2-10-27-15/h2,4-8,10,12H,1,3,9,11H2,(H,20,24). The maximum atomic E-state index is 12.8. The minimum absolute atomic E-state index is 0.0759. The molecule has 0 spiro atoms. The van der Waals surface area contributed by atoms with Crippen LogP contribution in [0.25, 0.3) is 0 Å². The molecule has 4 rings (SSSR count). The average Bonchev–Trinajstić information content (AvgIpc) is 3.42. The van der Waals surface area contributed by atoms with E-state index >= 15 is 0 Å². The molecule has 3 aromatic rings. The maximum Gasteiger partial charge on any atom is 0.286 e. The lowest BCUT2D eigenvalue weighted by atomic mass is 10.0. The molecule has 152 valence electrons. The summed E-state index contributed by atoms with van der Waals surface area (Å²) in [6.45, 7) is 0.827. The molecule has 0 aliphatic carbocycles. The van der Waals surface area contributed by atoms with Gasteiger partial charge in [0.15, 0.2) is 0 Å². The second kappa shape index (κ2) is 8.49. The quantitative estimate of drug-likeness (QED) is 0.609. The summed E-state index contributed by atoms with van der Waals surface area (Å²) in [5.41, 5.74) is 0.613. The summed E-state index contributed by atoms with van der Waals surface area (Å²) in [6.07, 6.45) is 1.55. The van der Waals surface area contributed by atoms with E-state index in [1.807, 2.05) is 0 Å². The van der Waals surface area contributed by atoms with Gasteiger partial charge in [0.1, 0.15) is 9.22 Å². The molecule has 1 saturated heterocycles. The lowest BCUT2D eigenvalue weighted by Crippen LogP contribution is -2.38. The van der Waals surface area contributed by atoms with E-state index in [4.69, 9.17) is 11.6 Å². The van der Waals surface area contributed by atoms with Crippen molar-refractivity contribution in [3.05, 3.63) is 56.8 Å². The van der Waals surface area contributed by atoms with Crippen molar-refractivity contribution >= 4 is 55.9 Å². The van der Waals surface area contributed by atoms with Gasteiger partial charge >= 0.3 is 0 Å². The van der Waals surface area contributed by atoms with Crippen LogP contribution in [-0.4, -0.2) is 41.9 Å². The number of rotatable bonds is 5. The number of piperidine rings is 1. The van der Waals surface area contributed by atoms with Crippen molar-refractivity contribution in [2.45, 2.75) is 23.0 Å². The molecule has 11 heteroatoms. The number of hydrogen-bond acceptors (Lipinski definition) is 7. The Morgan fingerprint density at radius 2 is 2.00 bits per heavy atom. The Balaban J connectivity index is 1.46. The number of amides is 1. The highest BCUT2D eigenvalue weighted by Crippen LogP contribution is 2.33. The normalized spacial score (nSPS) is 17.9. The zero-order valence-corrected chi connectivity index (χ0v) is 18.3. The van der Waals surface area contributed by atoms with Crippen LogP contribution in [0.2, 0.25) is 5.02 Å². The first-order chi connectivity index (χ1) is 13.9. The van der Waals surface area contributed by atoms with Crippen molar-refractivity contribution in [1.82, 2.24) is 14.5 Å². The number of halogens is 1. The Morgan fingerprint density at radius 1 is 1.21 bits per heavy atom. The number of carbonyl (C=O) groups excluding carboxylic acids is 1. The monoisotopic (exact) mass is 468 g/mol. The first-order valence-corrected chi connectivity index (χ1v) is 12.4. The third-order valence-corrected chi connectivity index (χ3v) is 9.13. The van der Waals surface area contributed by atoms with Crippen LogP contribution in [0.1, 0.15) is 33.6 Å². The molecule has 0 saturated carbocycles. The number of carbonyl (C=O) groups is 1. The third kappa shape index (κ3) is 4.51. The summed E-state index contributed by atoms with van der Waals surface area (Å²) < 4.78 is 27.4. The summed E-state index contributed by atoms with van der Waals surface area (Å²) in [7, 11) is -3.50. The number of hydrogen-bond donors (Lipinski definition) is 1. The number of nitrogens with one attached hydrogen (secondary N) is 1. The van der Waals surface area contributed by atoms with E-state index in [2.05, 4.69) is 15.5 Å². The van der Waals surface area contributed by atoms with E-state index in [0.717, 1.165) is 12.8 Å². The van der Waals surface area contributed by atoms with Crippen LogP contribution < -0.4 is 5.32 Å². The minimum atomic E-state index is -3.50. The van der Waals surface area contributed by atoms with Crippen LogP contribution >= 0.6 is 34.3 Å². The largest absolute Gasteiger partial charge is 0.320 e. The van der Waals surface area contributed by atoms with E-state index in [1.54, 1.807) is 41.8 Å². The summed E-state index contributed by atoms with van der Waals surface area (Å²) in [5.74, 6) is -0.428. The molecule has 2 aromatic heterocycles. The van der Waals surface area contributed by atoms with Gasteiger partial charge in [-0.2, -0.15) is 4.31 Å². The zero-order valence-electron chi connectivity index (χ0n) is 15.1. The van der Waals surface area contributed by atoms with Crippen LogP contribution in [0.4, 0.5) is 5.69 Å². The van der Waals surface area contributed by atoms with Gasteiger partial charge in [0.25, 0.3) is 15.9 Å². The second-order valence-electron chi connectivity index (χ2n) is 6.54. The van der Waals surface area contributed by atoms with E-state index in [9.17, 15) is 13.2 Å². The van der Waals surface area contributed by atoms with E-state index in [0.29, 0.717) is 33.0 Å². The molecule has 29 heavy (non-hydrogen) atoms. The maximum absolute atomic E-state index is 12.8.